The van der Waals surface area contributed by atoms with E-state index in [9.17, 15) is 20.4 Å². The van der Waals surface area contributed by atoms with Gasteiger partial charge in [-0.1, -0.05) is 24.3 Å². The number of methoxy groups -OCH3 is 1. The van der Waals surface area contributed by atoms with Crippen molar-refractivity contribution in [2.45, 2.75) is 62.6 Å². The molecule has 30 heavy (non-hydrogen) atoms. The zero-order chi connectivity index (χ0) is 21.0. The van der Waals surface area contributed by atoms with Crippen LogP contribution in [-0.2, 0) is 9.47 Å². The van der Waals surface area contributed by atoms with E-state index in [1.165, 1.54) is 37.7 Å². The Labute approximate surface area is 177 Å². The van der Waals surface area contributed by atoms with Crippen LogP contribution >= 0.6 is 0 Å². The van der Waals surface area contributed by atoms with E-state index < -0.39 is 37.1 Å². The number of allylic oxidation sites excluding steroid dienone is 1. The first-order valence-electron chi connectivity index (χ1n) is 11.2. The Kier molecular flexibility index (Phi) is 5.40. The second-order valence-corrected chi connectivity index (χ2v) is 9.66. The molecule has 5 atom stereocenters. The third kappa shape index (κ3) is 3.30. The van der Waals surface area contributed by atoms with E-state index in [4.69, 9.17) is 9.47 Å². The summed E-state index contributed by atoms with van der Waals surface area (Å²) in [5.41, 5.74) is 3.21. The Morgan fingerprint density at radius 3 is 2.03 bits per heavy atom. The summed E-state index contributed by atoms with van der Waals surface area (Å²) >= 11 is 0. The molecule has 4 N–H and O–H groups in total. The monoisotopic (exact) mass is 416 g/mol. The van der Waals surface area contributed by atoms with Crippen LogP contribution in [0.15, 0.2) is 29.8 Å². The Morgan fingerprint density at radius 2 is 1.50 bits per heavy atom. The van der Waals surface area contributed by atoms with Crippen molar-refractivity contribution in [3.63, 3.8) is 0 Å². The number of rotatable bonds is 4. The molecule has 5 fully saturated rings. The number of ether oxygens (including phenoxy) is 2. The Balaban J connectivity index is 1.42. The van der Waals surface area contributed by atoms with Gasteiger partial charge >= 0.3 is 0 Å². The zero-order valence-corrected chi connectivity index (χ0v) is 17.4. The summed E-state index contributed by atoms with van der Waals surface area (Å²) in [6.07, 6.45) is 0.876. The van der Waals surface area contributed by atoms with E-state index >= 15 is 0 Å². The predicted molar refractivity (Wildman–Crippen MR) is 110 cm³/mol. The third-order valence-corrected chi connectivity index (χ3v) is 7.88. The molecule has 1 aliphatic heterocycles. The maximum atomic E-state index is 10.4. The molecule has 0 spiro atoms. The fourth-order valence-electron chi connectivity index (χ4n) is 6.67. The summed E-state index contributed by atoms with van der Waals surface area (Å²) in [7, 11) is 1.75. The SMILES string of the molecule is COC(=C1C2CC3CC(C2)CC1C3)c1ccc([C@@H]2O[C@H](CO)[C@H](O)[C@H](O)[C@H]2O)cc1. The minimum Gasteiger partial charge on any atom is -0.496 e. The average molecular weight is 417 g/mol. The van der Waals surface area contributed by atoms with Crippen molar-refractivity contribution in [1.82, 2.24) is 0 Å². The van der Waals surface area contributed by atoms with Crippen LogP contribution < -0.4 is 0 Å². The highest BCUT2D eigenvalue weighted by molar-refractivity contribution is 5.65. The van der Waals surface area contributed by atoms with Crippen LogP contribution in [0.3, 0.4) is 0 Å². The largest absolute Gasteiger partial charge is 0.496 e. The topological polar surface area (TPSA) is 99.4 Å². The summed E-state index contributed by atoms with van der Waals surface area (Å²) < 4.78 is 11.6. The molecule has 5 aliphatic rings. The van der Waals surface area contributed by atoms with Gasteiger partial charge in [-0.25, -0.2) is 0 Å². The molecule has 0 unspecified atom stereocenters. The lowest BCUT2D eigenvalue weighted by Crippen LogP contribution is -2.55. The molecule has 4 bridgehead atoms. The van der Waals surface area contributed by atoms with Gasteiger partial charge in [0.05, 0.1) is 13.7 Å². The van der Waals surface area contributed by atoms with Crippen LogP contribution in [0.5, 0.6) is 0 Å². The van der Waals surface area contributed by atoms with Crippen molar-refractivity contribution >= 4 is 5.76 Å². The van der Waals surface area contributed by atoms with Gasteiger partial charge in [0.1, 0.15) is 36.3 Å². The van der Waals surface area contributed by atoms with E-state index in [0.29, 0.717) is 17.4 Å². The normalized spacial score (nSPS) is 42.4. The van der Waals surface area contributed by atoms with Crippen LogP contribution in [0.4, 0.5) is 0 Å². The van der Waals surface area contributed by atoms with Crippen molar-refractivity contribution in [2.24, 2.45) is 23.7 Å². The van der Waals surface area contributed by atoms with Crippen LogP contribution in [-0.4, -0.2) is 58.6 Å². The molecule has 6 rings (SSSR count). The number of benzene rings is 1. The molecule has 1 saturated heterocycles. The molecule has 6 heteroatoms. The van der Waals surface area contributed by atoms with Gasteiger partial charge in [-0.05, 0) is 66.9 Å². The van der Waals surface area contributed by atoms with Crippen molar-refractivity contribution < 1.29 is 29.9 Å². The number of hydrogen-bond donors (Lipinski definition) is 4. The van der Waals surface area contributed by atoms with Gasteiger partial charge < -0.3 is 29.9 Å². The lowest BCUT2D eigenvalue weighted by atomic mass is 9.54. The maximum absolute atomic E-state index is 10.4. The highest BCUT2D eigenvalue weighted by Gasteiger charge is 2.47. The van der Waals surface area contributed by atoms with Gasteiger partial charge in [0.15, 0.2) is 0 Å². The summed E-state index contributed by atoms with van der Waals surface area (Å²) in [5, 5.41) is 39.9. The fourth-order valence-corrected chi connectivity index (χ4v) is 6.67. The van der Waals surface area contributed by atoms with Gasteiger partial charge in [0.25, 0.3) is 0 Å². The van der Waals surface area contributed by atoms with Crippen molar-refractivity contribution in [2.75, 3.05) is 13.7 Å². The first kappa shape index (κ1) is 20.5. The average Bonchev–Trinajstić information content (AvgIpc) is 2.75. The molecule has 1 heterocycles. The molecule has 6 nitrogen and oxygen atoms in total. The van der Waals surface area contributed by atoms with E-state index in [1.807, 2.05) is 24.3 Å². The molecule has 1 aromatic rings. The molecule has 1 aromatic carbocycles. The van der Waals surface area contributed by atoms with E-state index in [2.05, 4.69) is 0 Å². The summed E-state index contributed by atoms with van der Waals surface area (Å²) in [5.74, 6) is 4.05. The van der Waals surface area contributed by atoms with E-state index in [1.54, 1.807) is 7.11 Å². The Bertz CT molecular complexity index is 770. The van der Waals surface area contributed by atoms with Crippen LogP contribution in [0.2, 0.25) is 0 Å². The predicted octanol–water partition coefficient (Wildman–Crippen LogP) is 2.02. The quantitative estimate of drug-likeness (QED) is 0.561. The Hall–Kier alpha value is -1.44. The second kappa shape index (κ2) is 7.92. The van der Waals surface area contributed by atoms with Crippen molar-refractivity contribution in [3.05, 3.63) is 41.0 Å². The zero-order valence-electron chi connectivity index (χ0n) is 17.4. The number of hydrogen-bond acceptors (Lipinski definition) is 6. The fraction of sp³-hybridized carbons (Fsp3) is 0.667. The first-order valence-corrected chi connectivity index (χ1v) is 11.2. The molecule has 0 amide bonds. The third-order valence-electron chi connectivity index (χ3n) is 7.88. The molecular weight excluding hydrogens is 384 g/mol. The standard InChI is InChI=1S/C24H32O6/c1-29-23(19-16-7-12-6-13(9-16)10-17(19)8-12)14-2-4-15(5-3-14)24-22(28)21(27)20(26)18(11-25)30-24/h2-5,12-13,16-18,20-22,24-28H,6-11H2,1H3/t12?,13?,16?,17?,18-,20+,21+,22-,24+/m1/s1. The van der Waals surface area contributed by atoms with Gasteiger partial charge in [-0.15, -0.1) is 0 Å². The van der Waals surface area contributed by atoms with E-state index in [-0.39, 0.29) is 0 Å². The summed E-state index contributed by atoms with van der Waals surface area (Å²) in [6.45, 7) is -0.426. The molecule has 164 valence electrons. The maximum Gasteiger partial charge on any atom is 0.125 e. The molecule has 0 aromatic heterocycles. The molecular formula is C24H32O6. The van der Waals surface area contributed by atoms with Gasteiger partial charge in [-0.3, -0.25) is 0 Å². The summed E-state index contributed by atoms with van der Waals surface area (Å²) in [6, 6.07) is 7.71. The number of aliphatic hydroxyl groups is 4. The molecule has 0 radical (unpaired) electrons. The molecule has 4 saturated carbocycles. The van der Waals surface area contributed by atoms with Gasteiger partial charge in [-0.2, -0.15) is 0 Å². The number of aliphatic hydroxyl groups excluding tert-OH is 4. The lowest BCUT2D eigenvalue weighted by Gasteiger charge is -2.51. The highest BCUT2D eigenvalue weighted by Crippen LogP contribution is 2.57. The van der Waals surface area contributed by atoms with Gasteiger partial charge in [0, 0.05) is 5.56 Å². The second-order valence-electron chi connectivity index (χ2n) is 9.66. The van der Waals surface area contributed by atoms with Gasteiger partial charge in [0.2, 0.25) is 0 Å². The van der Waals surface area contributed by atoms with Crippen LogP contribution in [0.25, 0.3) is 5.76 Å². The Morgan fingerprint density at radius 1 is 0.900 bits per heavy atom. The molecule has 4 aliphatic carbocycles. The van der Waals surface area contributed by atoms with Crippen LogP contribution in [0, 0.1) is 23.7 Å². The van der Waals surface area contributed by atoms with Crippen molar-refractivity contribution in [1.29, 1.82) is 0 Å². The lowest BCUT2D eigenvalue weighted by molar-refractivity contribution is -0.231. The summed E-state index contributed by atoms with van der Waals surface area (Å²) in [4.78, 5) is 0. The smallest absolute Gasteiger partial charge is 0.125 e. The van der Waals surface area contributed by atoms with Crippen LogP contribution in [0.1, 0.15) is 49.3 Å². The minimum atomic E-state index is -1.37. The highest BCUT2D eigenvalue weighted by atomic mass is 16.5. The minimum absolute atomic E-state index is 0.426. The van der Waals surface area contributed by atoms with Crippen molar-refractivity contribution in [3.8, 4) is 0 Å². The van der Waals surface area contributed by atoms with E-state index in [0.717, 1.165) is 23.2 Å². The first-order chi connectivity index (χ1) is 14.5.